The topological polar surface area (TPSA) is 41.1 Å². The van der Waals surface area contributed by atoms with E-state index in [1.54, 1.807) is 6.07 Å². The molecule has 0 spiro atoms. The largest absolute Gasteiger partial charge is 0.355 e. The minimum atomic E-state index is -0.330. The molecule has 0 radical (unpaired) electrons. The number of hydrogen-bond acceptors (Lipinski definition) is 2. The molecule has 1 heterocycles. The molecular weight excluding hydrogens is 243 g/mol. The molecule has 0 aliphatic carbocycles. The van der Waals surface area contributed by atoms with Crippen LogP contribution in [0.5, 0.6) is 0 Å². The Morgan fingerprint density at radius 1 is 1.53 bits per heavy atom. The smallest absolute Gasteiger partial charge is 0.220 e. The van der Waals surface area contributed by atoms with E-state index >= 15 is 0 Å². The number of carbonyl (C=O) groups excluding carboxylic acids is 1. The Labute approximate surface area is 104 Å². The summed E-state index contributed by atoms with van der Waals surface area (Å²) in [6.45, 7) is 1.22. The van der Waals surface area contributed by atoms with E-state index in [2.05, 4.69) is 10.6 Å². The summed E-state index contributed by atoms with van der Waals surface area (Å²) in [5, 5.41) is 6.52. The Bertz CT molecular complexity index is 415. The van der Waals surface area contributed by atoms with Gasteiger partial charge in [-0.25, -0.2) is 4.39 Å². The minimum Gasteiger partial charge on any atom is -0.355 e. The van der Waals surface area contributed by atoms with E-state index in [1.807, 2.05) is 0 Å². The molecule has 2 N–H and O–H groups in total. The number of hydrogen-bond donors (Lipinski definition) is 2. The molecule has 0 saturated carbocycles. The quantitative estimate of drug-likeness (QED) is 0.867. The van der Waals surface area contributed by atoms with Gasteiger partial charge in [-0.15, -0.1) is 0 Å². The van der Waals surface area contributed by atoms with Crippen molar-refractivity contribution in [3.63, 3.8) is 0 Å². The van der Waals surface area contributed by atoms with Crippen molar-refractivity contribution in [3.8, 4) is 0 Å². The SMILES string of the molecule is O=C1CCC(NCc2ccc(F)cc2Cl)CN1. The lowest BCUT2D eigenvalue weighted by Crippen LogP contribution is -2.45. The van der Waals surface area contributed by atoms with Gasteiger partial charge in [0, 0.05) is 30.6 Å². The standard InChI is InChI=1S/C12H14ClFN2O/c13-11-5-9(14)2-1-8(11)6-15-10-3-4-12(17)16-7-10/h1-2,5,10,15H,3-4,6-7H2,(H,16,17). The molecule has 1 aliphatic rings. The van der Waals surface area contributed by atoms with Crippen LogP contribution in [-0.4, -0.2) is 18.5 Å². The molecule has 1 unspecified atom stereocenters. The van der Waals surface area contributed by atoms with Crippen molar-refractivity contribution in [2.75, 3.05) is 6.54 Å². The van der Waals surface area contributed by atoms with Gasteiger partial charge in [0.05, 0.1) is 0 Å². The van der Waals surface area contributed by atoms with Gasteiger partial charge in [-0.3, -0.25) is 4.79 Å². The normalized spacial score (nSPS) is 20.1. The van der Waals surface area contributed by atoms with Crippen LogP contribution in [-0.2, 0) is 11.3 Å². The van der Waals surface area contributed by atoms with Crippen molar-refractivity contribution in [3.05, 3.63) is 34.6 Å². The molecule has 3 nitrogen and oxygen atoms in total. The molecule has 0 bridgehead atoms. The zero-order valence-electron chi connectivity index (χ0n) is 9.30. The lowest BCUT2D eigenvalue weighted by molar-refractivity contribution is -0.122. The molecule has 1 amide bonds. The first-order chi connectivity index (χ1) is 8.15. The number of amides is 1. The lowest BCUT2D eigenvalue weighted by Gasteiger charge is -2.23. The Morgan fingerprint density at radius 3 is 3.00 bits per heavy atom. The molecule has 1 atom stereocenters. The number of piperidine rings is 1. The highest BCUT2D eigenvalue weighted by Crippen LogP contribution is 2.17. The molecule has 92 valence electrons. The molecule has 17 heavy (non-hydrogen) atoms. The summed E-state index contributed by atoms with van der Waals surface area (Å²) in [5.41, 5.74) is 0.866. The average Bonchev–Trinajstić information content (AvgIpc) is 2.30. The minimum absolute atomic E-state index is 0.0999. The fraction of sp³-hybridized carbons (Fsp3) is 0.417. The maximum absolute atomic E-state index is 12.8. The predicted molar refractivity (Wildman–Crippen MR) is 64.3 cm³/mol. The highest BCUT2D eigenvalue weighted by molar-refractivity contribution is 6.31. The van der Waals surface area contributed by atoms with Crippen LogP contribution in [0.25, 0.3) is 0 Å². The lowest BCUT2D eigenvalue weighted by atomic mass is 10.1. The van der Waals surface area contributed by atoms with Gasteiger partial charge in [0.25, 0.3) is 0 Å². The molecular formula is C12H14ClFN2O. The van der Waals surface area contributed by atoms with Gasteiger partial charge in [-0.2, -0.15) is 0 Å². The second kappa shape index (κ2) is 5.47. The van der Waals surface area contributed by atoms with Gasteiger partial charge in [0.1, 0.15) is 5.82 Å². The zero-order chi connectivity index (χ0) is 12.3. The molecule has 0 aromatic heterocycles. The van der Waals surface area contributed by atoms with E-state index in [0.717, 1.165) is 12.0 Å². The van der Waals surface area contributed by atoms with Crippen molar-refractivity contribution < 1.29 is 9.18 Å². The summed E-state index contributed by atoms with van der Waals surface area (Å²) in [6.07, 6.45) is 1.37. The van der Waals surface area contributed by atoms with Crippen molar-refractivity contribution in [1.82, 2.24) is 10.6 Å². The number of carbonyl (C=O) groups is 1. The first-order valence-electron chi connectivity index (χ1n) is 5.59. The average molecular weight is 257 g/mol. The summed E-state index contributed by atoms with van der Waals surface area (Å²) >= 11 is 5.92. The highest BCUT2D eigenvalue weighted by Gasteiger charge is 2.17. The number of nitrogens with one attached hydrogen (secondary N) is 2. The van der Waals surface area contributed by atoms with Gasteiger partial charge < -0.3 is 10.6 Å². The fourth-order valence-corrected chi connectivity index (χ4v) is 2.06. The van der Waals surface area contributed by atoms with Crippen molar-refractivity contribution in [2.24, 2.45) is 0 Å². The molecule has 5 heteroatoms. The van der Waals surface area contributed by atoms with Crippen LogP contribution in [0, 0.1) is 5.82 Å². The van der Waals surface area contributed by atoms with E-state index in [9.17, 15) is 9.18 Å². The molecule has 1 aromatic rings. The third kappa shape index (κ3) is 3.41. The zero-order valence-corrected chi connectivity index (χ0v) is 10.1. The predicted octanol–water partition coefficient (Wildman–Crippen LogP) is 1.85. The molecule has 2 rings (SSSR count). The number of halogens is 2. The van der Waals surface area contributed by atoms with Crippen molar-refractivity contribution in [2.45, 2.75) is 25.4 Å². The van der Waals surface area contributed by atoms with E-state index in [0.29, 0.717) is 24.5 Å². The van der Waals surface area contributed by atoms with Crippen molar-refractivity contribution in [1.29, 1.82) is 0 Å². The maximum atomic E-state index is 12.8. The van der Waals surface area contributed by atoms with Crippen LogP contribution in [0.1, 0.15) is 18.4 Å². The summed E-state index contributed by atoms with van der Waals surface area (Å²) < 4.78 is 12.8. The Hall–Kier alpha value is -1.13. The van der Waals surface area contributed by atoms with Gasteiger partial charge in [-0.1, -0.05) is 17.7 Å². The Kier molecular flexibility index (Phi) is 3.97. The van der Waals surface area contributed by atoms with Crippen LogP contribution in [0.3, 0.4) is 0 Å². The second-order valence-electron chi connectivity index (χ2n) is 4.16. The monoisotopic (exact) mass is 256 g/mol. The summed E-state index contributed by atoms with van der Waals surface area (Å²) in [5.74, 6) is -0.230. The first kappa shape index (κ1) is 12.3. The van der Waals surface area contributed by atoms with Crippen LogP contribution in [0.2, 0.25) is 5.02 Å². The van der Waals surface area contributed by atoms with Gasteiger partial charge >= 0.3 is 0 Å². The molecule has 1 saturated heterocycles. The summed E-state index contributed by atoms with van der Waals surface area (Å²) in [6, 6.07) is 4.63. The molecule has 1 aromatic carbocycles. The summed E-state index contributed by atoms with van der Waals surface area (Å²) in [7, 11) is 0. The number of benzene rings is 1. The molecule has 1 fully saturated rings. The Balaban J connectivity index is 1.87. The van der Waals surface area contributed by atoms with Gasteiger partial charge in [0.2, 0.25) is 5.91 Å². The van der Waals surface area contributed by atoms with E-state index in [1.165, 1.54) is 12.1 Å². The third-order valence-corrected chi connectivity index (χ3v) is 3.21. The highest BCUT2D eigenvalue weighted by atomic mass is 35.5. The van der Waals surface area contributed by atoms with E-state index in [-0.39, 0.29) is 17.8 Å². The van der Waals surface area contributed by atoms with Gasteiger partial charge in [0.15, 0.2) is 0 Å². The first-order valence-corrected chi connectivity index (χ1v) is 5.97. The van der Waals surface area contributed by atoms with Crippen LogP contribution < -0.4 is 10.6 Å². The number of rotatable bonds is 3. The maximum Gasteiger partial charge on any atom is 0.220 e. The third-order valence-electron chi connectivity index (χ3n) is 2.86. The van der Waals surface area contributed by atoms with Gasteiger partial charge in [-0.05, 0) is 24.1 Å². The van der Waals surface area contributed by atoms with Crippen LogP contribution in [0.4, 0.5) is 4.39 Å². The second-order valence-corrected chi connectivity index (χ2v) is 4.56. The Morgan fingerprint density at radius 2 is 2.35 bits per heavy atom. The molecule has 1 aliphatic heterocycles. The van der Waals surface area contributed by atoms with Crippen molar-refractivity contribution >= 4 is 17.5 Å². The fourth-order valence-electron chi connectivity index (χ4n) is 1.83. The summed E-state index contributed by atoms with van der Waals surface area (Å²) in [4.78, 5) is 11.0. The van der Waals surface area contributed by atoms with Crippen LogP contribution >= 0.6 is 11.6 Å². The van der Waals surface area contributed by atoms with Crippen LogP contribution in [0.15, 0.2) is 18.2 Å². The van der Waals surface area contributed by atoms with E-state index in [4.69, 9.17) is 11.6 Å². The van der Waals surface area contributed by atoms with E-state index < -0.39 is 0 Å².